The normalized spacial score (nSPS) is 17.5. The number of rotatable bonds is 4. The Balaban J connectivity index is 1.34. The van der Waals surface area contributed by atoms with E-state index in [-0.39, 0.29) is 24.9 Å². The zero-order valence-corrected chi connectivity index (χ0v) is 19.3. The maximum atomic E-state index is 13.5. The van der Waals surface area contributed by atoms with Gasteiger partial charge in [0.1, 0.15) is 0 Å². The van der Waals surface area contributed by atoms with Crippen molar-refractivity contribution < 1.29 is 14.7 Å². The third kappa shape index (κ3) is 3.90. The Morgan fingerprint density at radius 3 is 2.66 bits per heavy atom. The third-order valence-electron chi connectivity index (χ3n) is 6.83. The van der Waals surface area contributed by atoms with Gasteiger partial charge in [-0.25, -0.2) is 4.79 Å². The fourth-order valence-electron chi connectivity index (χ4n) is 4.90. The van der Waals surface area contributed by atoms with Crippen LogP contribution < -0.4 is 9.80 Å². The number of fused-ring (bicyclic) bond motifs is 2. The van der Waals surface area contributed by atoms with Crippen LogP contribution in [0.3, 0.4) is 0 Å². The van der Waals surface area contributed by atoms with Crippen molar-refractivity contribution in [2.75, 3.05) is 16.3 Å². The Labute approximate surface area is 202 Å². The van der Waals surface area contributed by atoms with Gasteiger partial charge >= 0.3 is 6.09 Å². The van der Waals surface area contributed by atoms with E-state index in [1.165, 1.54) is 4.90 Å². The molecule has 6 rings (SSSR count). The molecule has 1 fully saturated rings. The molecule has 2 aromatic heterocycles. The topological polar surface area (TPSA) is 91.6 Å². The quantitative estimate of drug-likeness (QED) is 0.461. The molecule has 176 valence electrons. The van der Waals surface area contributed by atoms with Crippen LogP contribution in [0.1, 0.15) is 31.4 Å². The van der Waals surface area contributed by atoms with Crippen LogP contribution in [0.25, 0.3) is 21.9 Å². The second kappa shape index (κ2) is 8.23. The van der Waals surface area contributed by atoms with E-state index in [0.29, 0.717) is 17.4 Å². The lowest BCUT2D eigenvalue weighted by Crippen LogP contribution is -2.52. The van der Waals surface area contributed by atoms with Crippen LogP contribution in [-0.4, -0.2) is 44.5 Å². The Kier molecular flexibility index (Phi) is 5.02. The van der Waals surface area contributed by atoms with E-state index in [2.05, 4.69) is 10.1 Å². The van der Waals surface area contributed by atoms with Crippen LogP contribution in [0.5, 0.6) is 0 Å². The smallest absolute Gasteiger partial charge is 0.411 e. The van der Waals surface area contributed by atoms with Crippen molar-refractivity contribution in [1.29, 1.82) is 0 Å². The number of carbonyl (C=O) groups excluding carboxylic acids is 1. The fraction of sp³-hybridized carbons (Fsp3) is 0.259. The molecule has 3 heterocycles. The van der Waals surface area contributed by atoms with Crippen LogP contribution >= 0.6 is 0 Å². The van der Waals surface area contributed by atoms with Crippen molar-refractivity contribution in [2.45, 2.75) is 38.3 Å². The number of anilines is 2. The highest BCUT2D eigenvalue weighted by Gasteiger charge is 2.35. The second-order valence-corrected chi connectivity index (χ2v) is 9.38. The first-order valence-electron chi connectivity index (χ1n) is 11.8. The molecule has 0 unspecified atom stereocenters. The number of nitrogens with zero attached hydrogens (tertiary/aromatic N) is 5. The Bertz CT molecular complexity index is 1460. The number of carbonyl (C=O) groups is 2. The molecule has 0 radical (unpaired) electrons. The van der Waals surface area contributed by atoms with Crippen LogP contribution in [0.15, 0.2) is 67.3 Å². The van der Waals surface area contributed by atoms with Crippen LogP contribution in [-0.2, 0) is 11.2 Å². The van der Waals surface area contributed by atoms with Crippen molar-refractivity contribution in [3.8, 4) is 11.1 Å². The summed E-state index contributed by atoms with van der Waals surface area (Å²) in [5, 5.41) is 16.4. The fourth-order valence-corrected chi connectivity index (χ4v) is 4.90. The first-order chi connectivity index (χ1) is 17.0. The largest absolute Gasteiger partial charge is 0.465 e. The van der Waals surface area contributed by atoms with Crippen molar-refractivity contribution >= 4 is 34.1 Å². The summed E-state index contributed by atoms with van der Waals surface area (Å²) >= 11 is 0. The summed E-state index contributed by atoms with van der Waals surface area (Å²) < 4.78 is 1.97. The number of amides is 2. The van der Waals surface area contributed by atoms with E-state index < -0.39 is 6.09 Å². The molecule has 35 heavy (non-hydrogen) atoms. The predicted molar refractivity (Wildman–Crippen MR) is 134 cm³/mol. The minimum absolute atomic E-state index is 0.0682. The highest BCUT2D eigenvalue weighted by atomic mass is 16.4. The Hall–Kier alpha value is -4.20. The highest BCUT2D eigenvalue weighted by molar-refractivity contribution is 6.04. The zero-order valence-electron chi connectivity index (χ0n) is 19.3. The number of pyridine rings is 1. The predicted octanol–water partition coefficient (Wildman–Crippen LogP) is 4.90. The lowest BCUT2D eigenvalue weighted by atomic mass is 10.0. The van der Waals surface area contributed by atoms with Gasteiger partial charge in [0.15, 0.2) is 0 Å². The molecule has 1 N–H and O–H groups in total. The van der Waals surface area contributed by atoms with Gasteiger partial charge in [0.05, 0.1) is 36.1 Å². The first kappa shape index (κ1) is 21.3. The minimum Gasteiger partial charge on any atom is -0.465 e. The van der Waals surface area contributed by atoms with E-state index >= 15 is 0 Å². The number of hydrogen-bond donors (Lipinski definition) is 1. The third-order valence-corrected chi connectivity index (χ3v) is 6.83. The SMILES string of the molecule is C[C@H]1CN(C(=O)O)c2cc(-c3cnn(C4CC4)c3)ccc2N1C(=O)Cc1ccc2ccncc2c1. The summed E-state index contributed by atoms with van der Waals surface area (Å²) in [7, 11) is 0. The second-order valence-electron chi connectivity index (χ2n) is 9.38. The summed E-state index contributed by atoms with van der Waals surface area (Å²) in [5.74, 6) is -0.0682. The number of benzene rings is 2. The summed E-state index contributed by atoms with van der Waals surface area (Å²) in [4.78, 5) is 32.9. The van der Waals surface area contributed by atoms with Gasteiger partial charge in [-0.05, 0) is 60.5 Å². The molecular formula is C27H25N5O3. The molecule has 1 saturated carbocycles. The summed E-state index contributed by atoms with van der Waals surface area (Å²) in [5.41, 5.74) is 3.84. The number of aromatic nitrogens is 3. The van der Waals surface area contributed by atoms with Crippen LogP contribution in [0.4, 0.5) is 16.2 Å². The molecule has 2 aromatic carbocycles. The van der Waals surface area contributed by atoms with Crippen molar-refractivity contribution in [2.24, 2.45) is 0 Å². The Morgan fingerprint density at radius 1 is 1.00 bits per heavy atom. The molecule has 2 aliphatic rings. The zero-order chi connectivity index (χ0) is 24.1. The average molecular weight is 468 g/mol. The maximum absolute atomic E-state index is 13.5. The molecule has 1 aliphatic carbocycles. The molecule has 0 bridgehead atoms. The molecular weight excluding hydrogens is 442 g/mol. The van der Waals surface area contributed by atoms with E-state index in [4.69, 9.17) is 0 Å². The van der Waals surface area contributed by atoms with Gasteiger partial charge in [-0.3, -0.25) is 19.4 Å². The molecule has 0 spiro atoms. The molecule has 1 atom stereocenters. The van der Waals surface area contributed by atoms with Gasteiger partial charge in [-0.2, -0.15) is 5.10 Å². The molecule has 8 nitrogen and oxygen atoms in total. The van der Waals surface area contributed by atoms with Crippen molar-refractivity contribution in [3.05, 3.63) is 72.8 Å². The monoisotopic (exact) mass is 467 g/mol. The summed E-state index contributed by atoms with van der Waals surface area (Å²) in [6.07, 6.45) is 8.83. The summed E-state index contributed by atoms with van der Waals surface area (Å²) in [6.45, 7) is 2.09. The summed E-state index contributed by atoms with van der Waals surface area (Å²) in [6, 6.07) is 13.7. The van der Waals surface area contributed by atoms with Gasteiger partial charge in [0, 0.05) is 36.1 Å². The molecule has 2 amide bonds. The molecule has 4 aromatic rings. The van der Waals surface area contributed by atoms with Crippen LogP contribution in [0, 0.1) is 0 Å². The van der Waals surface area contributed by atoms with Gasteiger partial charge in [0.2, 0.25) is 5.91 Å². The highest BCUT2D eigenvalue weighted by Crippen LogP contribution is 2.40. The minimum atomic E-state index is -1.03. The van der Waals surface area contributed by atoms with Crippen molar-refractivity contribution in [3.63, 3.8) is 0 Å². The standard InChI is InChI=1S/C27H25N5O3/c1-17-15-30(27(34)35)25-12-20(22-14-29-31(16-22)23-5-6-23)4-7-24(25)32(17)26(33)11-18-2-3-19-8-9-28-13-21(19)10-18/h2-4,7-10,12-14,16-17,23H,5-6,11,15H2,1H3,(H,34,35)/t17-/m0/s1. The average Bonchev–Trinajstić information content (AvgIpc) is 3.59. The van der Waals surface area contributed by atoms with Gasteiger partial charge in [-0.15, -0.1) is 0 Å². The van der Waals surface area contributed by atoms with E-state index in [1.54, 1.807) is 17.3 Å². The maximum Gasteiger partial charge on any atom is 0.411 e. The van der Waals surface area contributed by atoms with Gasteiger partial charge in [0.25, 0.3) is 0 Å². The molecule has 8 heteroatoms. The number of carboxylic acid groups (broad SMARTS) is 1. The van der Waals surface area contributed by atoms with Gasteiger partial charge < -0.3 is 10.0 Å². The first-order valence-corrected chi connectivity index (χ1v) is 11.8. The molecule has 1 aliphatic heterocycles. The van der Waals surface area contributed by atoms with Crippen molar-refractivity contribution in [1.82, 2.24) is 14.8 Å². The molecule has 0 saturated heterocycles. The number of hydrogen-bond acceptors (Lipinski definition) is 4. The lowest BCUT2D eigenvalue weighted by Gasteiger charge is -2.40. The van der Waals surface area contributed by atoms with Crippen LogP contribution in [0.2, 0.25) is 0 Å². The van der Waals surface area contributed by atoms with E-state index in [0.717, 1.165) is 40.3 Å². The lowest BCUT2D eigenvalue weighted by molar-refractivity contribution is -0.118. The van der Waals surface area contributed by atoms with Gasteiger partial charge in [-0.1, -0.05) is 18.2 Å². The van der Waals surface area contributed by atoms with E-state index in [9.17, 15) is 14.7 Å². The van der Waals surface area contributed by atoms with E-state index in [1.807, 2.05) is 66.5 Å². The Morgan fingerprint density at radius 2 is 1.86 bits per heavy atom.